The van der Waals surface area contributed by atoms with Crippen molar-refractivity contribution in [2.45, 2.75) is 201 Å². The highest BCUT2D eigenvalue weighted by atomic mass is 28.4. The van der Waals surface area contributed by atoms with E-state index < -0.39 is 22.7 Å². The number of aliphatic hydroxyl groups excluding tert-OH is 1. The van der Waals surface area contributed by atoms with Crippen LogP contribution in [0.3, 0.4) is 0 Å². The van der Waals surface area contributed by atoms with Crippen LogP contribution in [-0.2, 0) is 8.85 Å². The molecule has 0 fully saturated rings. The van der Waals surface area contributed by atoms with Crippen LogP contribution in [0.5, 0.6) is 0 Å². The first-order valence-electron chi connectivity index (χ1n) is 21.6. The monoisotopic (exact) mass is 749 g/mol. The van der Waals surface area contributed by atoms with E-state index >= 15 is 0 Å². The number of hydrogen-bond donors (Lipinski definition) is 1. The average molecular weight is 749 g/mol. The zero-order valence-electron chi connectivity index (χ0n) is 35.9. The van der Waals surface area contributed by atoms with Gasteiger partial charge in [0.15, 0.2) is 16.6 Å². The summed E-state index contributed by atoms with van der Waals surface area (Å²) in [5, 5.41) is 11.7. The highest BCUT2D eigenvalue weighted by Gasteiger charge is 2.39. The number of rotatable bonds is 26. The first-order chi connectivity index (χ1) is 25.0. The van der Waals surface area contributed by atoms with Crippen LogP contribution in [0.15, 0.2) is 60.7 Å². The maximum Gasteiger partial charge on any atom is 0.192 e. The summed E-state index contributed by atoms with van der Waals surface area (Å²) in [6.45, 7) is 27.7. The van der Waals surface area contributed by atoms with Gasteiger partial charge in [-0.1, -0.05) is 132 Å². The third kappa shape index (κ3) is 12.1. The Hall–Kier alpha value is -1.77. The molecule has 3 nitrogen and oxygen atoms in total. The fourth-order valence-corrected chi connectivity index (χ4v) is 14.9. The Morgan fingerprint density at radius 2 is 0.885 bits per heavy atom. The fourth-order valence-electron chi connectivity index (χ4n) is 8.41. The lowest BCUT2D eigenvalue weighted by atomic mass is 9.89. The molecule has 0 saturated carbocycles. The molecule has 0 aliphatic carbocycles. The highest BCUT2D eigenvalue weighted by molar-refractivity contribution is 6.74. The summed E-state index contributed by atoms with van der Waals surface area (Å²) in [4.78, 5) is 0. The van der Waals surface area contributed by atoms with E-state index in [2.05, 4.69) is 144 Å². The van der Waals surface area contributed by atoms with E-state index in [9.17, 15) is 5.11 Å². The molecule has 0 aliphatic rings. The third-order valence-corrected chi connectivity index (χ3v) is 22.7. The molecule has 0 atom stereocenters. The molecule has 2 aromatic rings. The SMILES string of the molecule is CC/C(=C\CCC(CC)(CC)O[Si](CC)(CC)CC)c1cccc(C(O)c2cccc(/C(=C/CCC(CC)(CC)O[Si](CC)(CC)CC)CC)c2)c1. The Bertz CT molecular complexity index is 1240. The largest absolute Gasteiger partial charge is 0.411 e. The average Bonchev–Trinajstić information content (AvgIpc) is 3.21. The van der Waals surface area contributed by atoms with Crippen LogP contribution >= 0.6 is 0 Å². The fraction of sp³-hybridized carbons (Fsp3) is 0.660. The van der Waals surface area contributed by atoms with Crippen LogP contribution in [0.2, 0.25) is 36.3 Å². The zero-order valence-corrected chi connectivity index (χ0v) is 37.9. The lowest BCUT2D eigenvalue weighted by molar-refractivity contribution is 0.0394. The van der Waals surface area contributed by atoms with Crippen LogP contribution < -0.4 is 0 Å². The van der Waals surface area contributed by atoms with Gasteiger partial charge in [-0.15, -0.1) is 0 Å². The maximum atomic E-state index is 11.7. The minimum Gasteiger partial charge on any atom is -0.411 e. The van der Waals surface area contributed by atoms with Crippen LogP contribution in [0, 0.1) is 0 Å². The van der Waals surface area contributed by atoms with Crippen molar-refractivity contribution in [1.82, 2.24) is 0 Å². The van der Waals surface area contributed by atoms with Gasteiger partial charge in [-0.3, -0.25) is 0 Å². The molecule has 0 saturated heterocycles. The van der Waals surface area contributed by atoms with E-state index in [1.165, 1.54) is 58.5 Å². The van der Waals surface area contributed by atoms with Crippen LogP contribution in [0.4, 0.5) is 0 Å². The molecule has 0 bridgehead atoms. The predicted octanol–water partition coefficient (Wildman–Crippen LogP) is 15.1. The summed E-state index contributed by atoms with van der Waals surface area (Å²) < 4.78 is 14.3. The van der Waals surface area contributed by atoms with Gasteiger partial charge in [-0.25, -0.2) is 0 Å². The van der Waals surface area contributed by atoms with Crippen LogP contribution in [0.1, 0.15) is 176 Å². The Kier molecular flexibility index (Phi) is 20.1. The second kappa shape index (κ2) is 22.6. The van der Waals surface area contributed by atoms with Gasteiger partial charge in [0.1, 0.15) is 6.10 Å². The molecule has 0 radical (unpaired) electrons. The molecule has 0 spiro atoms. The number of allylic oxidation sites excluding steroid dienone is 4. The minimum atomic E-state index is -1.70. The Morgan fingerprint density at radius 1 is 0.558 bits per heavy atom. The smallest absolute Gasteiger partial charge is 0.192 e. The molecule has 2 aromatic carbocycles. The first-order valence-corrected chi connectivity index (χ1v) is 26.7. The van der Waals surface area contributed by atoms with E-state index in [-0.39, 0.29) is 11.2 Å². The van der Waals surface area contributed by atoms with Gasteiger partial charge in [-0.05, 0) is 146 Å². The topological polar surface area (TPSA) is 38.7 Å². The molecular weight excluding hydrogens is 669 g/mol. The standard InChI is InChI=1S/C47H80O3Si2/c1-13-39(33-27-35-46(15-3,16-4)49-51(19-7,20-8)21-9)41-29-25-31-43(37-41)45(48)44-32-26-30-42(38-44)40(14-2)34-28-36-47(17-5,18-6)50-52(22-10,23-11)24-12/h25-26,29-34,37-38,45,48H,13-24,27-28,35-36H2,1-12H3/b39-33+,40-34+. The van der Waals surface area contributed by atoms with Crippen molar-refractivity contribution in [1.29, 1.82) is 0 Å². The van der Waals surface area contributed by atoms with Crippen LogP contribution in [0.25, 0.3) is 11.1 Å². The van der Waals surface area contributed by atoms with Crippen molar-refractivity contribution < 1.29 is 14.0 Å². The van der Waals surface area contributed by atoms with Gasteiger partial charge >= 0.3 is 0 Å². The number of benzene rings is 2. The Balaban J connectivity index is 2.29. The van der Waals surface area contributed by atoms with Crippen LogP contribution in [-0.4, -0.2) is 32.9 Å². The van der Waals surface area contributed by atoms with Crippen molar-refractivity contribution in [2.24, 2.45) is 0 Å². The summed E-state index contributed by atoms with van der Waals surface area (Å²) in [5.74, 6) is 0. The summed E-state index contributed by atoms with van der Waals surface area (Å²) >= 11 is 0. The molecule has 0 aromatic heterocycles. The van der Waals surface area contributed by atoms with Gasteiger partial charge < -0.3 is 14.0 Å². The summed E-state index contributed by atoms with van der Waals surface area (Å²) in [6.07, 6.45) is 14.5. The predicted molar refractivity (Wildman–Crippen MR) is 235 cm³/mol. The molecule has 0 heterocycles. The van der Waals surface area contributed by atoms with Gasteiger partial charge in [0.25, 0.3) is 0 Å². The second-order valence-corrected chi connectivity index (χ2v) is 24.8. The quantitative estimate of drug-likeness (QED) is 0.0974. The van der Waals surface area contributed by atoms with Gasteiger partial charge in [0.05, 0.1) is 11.2 Å². The van der Waals surface area contributed by atoms with Crippen molar-refractivity contribution in [3.8, 4) is 0 Å². The Labute approximate surface area is 324 Å². The Morgan fingerprint density at radius 3 is 1.15 bits per heavy atom. The van der Waals surface area contributed by atoms with Gasteiger partial charge in [0, 0.05) is 0 Å². The van der Waals surface area contributed by atoms with Gasteiger partial charge in [-0.2, -0.15) is 0 Å². The third-order valence-electron chi connectivity index (χ3n) is 13.2. The van der Waals surface area contributed by atoms with E-state index in [1.54, 1.807) is 0 Å². The molecule has 5 heteroatoms. The molecule has 1 N–H and O–H groups in total. The van der Waals surface area contributed by atoms with Crippen molar-refractivity contribution in [3.05, 3.63) is 82.9 Å². The molecule has 52 heavy (non-hydrogen) atoms. The molecule has 0 aliphatic heterocycles. The number of hydrogen-bond acceptors (Lipinski definition) is 3. The van der Waals surface area contributed by atoms with E-state index in [0.717, 1.165) is 75.3 Å². The normalized spacial score (nSPS) is 14.2. The molecule has 0 amide bonds. The summed E-state index contributed by atoms with van der Waals surface area (Å²) in [5.41, 5.74) is 6.95. The van der Waals surface area contributed by atoms with Crippen molar-refractivity contribution in [2.75, 3.05) is 0 Å². The highest BCUT2D eigenvalue weighted by Crippen LogP contribution is 2.38. The molecule has 2 rings (SSSR count). The first kappa shape index (κ1) is 46.4. The summed E-state index contributed by atoms with van der Waals surface area (Å²) in [7, 11) is -3.39. The van der Waals surface area contributed by atoms with E-state index in [1.807, 2.05) is 0 Å². The molecule has 294 valence electrons. The van der Waals surface area contributed by atoms with Crippen molar-refractivity contribution >= 4 is 27.8 Å². The van der Waals surface area contributed by atoms with E-state index in [0.29, 0.717) is 0 Å². The van der Waals surface area contributed by atoms with E-state index in [4.69, 9.17) is 8.85 Å². The molecular formula is C47H80O3Si2. The summed E-state index contributed by atoms with van der Waals surface area (Å²) in [6, 6.07) is 24.3. The zero-order chi connectivity index (χ0) is 38.8. The minimum absolute atomic E-state index is 0.0338. The molecule has 0 unspecified atom stereocenters. The van der Waals surface area contributed by atoms with Gasteiger partial charge in [0.2, 0.25) is 0 Å². The lowest BCUT2D eigenvalue weighted by Crippen LogP contribution is -2.46. The maximum absolute atomic E-state index is 11.7. The lowest BCUT2D eigenvalue weighted by Gasteiger charge is -2.42. The number of aliphatic hydroxyl groups is 1. The van der Waals surface area contributed by atoms with Crippen molar-refractivity contribution in [3.63, 3.8) is 0 Å². The second-order valence-electron chi connectivity index (χ2n) is 15.4.